The van der Waals surface area contributed by atoms with Crippen molar-refractivity contribution in [1.82, 2.24) is 15.1 Å². The van der Waals surface area contributed by atoms with Gasteiger partial charge in [-0.1, -0.05) is 12.1 Å². The summed E-state index contributed by atoms with van der Waals surface area (Å²) in [6.45, 7) is 4.35. The van der Waals surface area contributed by atoms with Crippen LogP contribution in [0.4, 0.5) is 0 Å². The van der Waals surface area contributed by atoms with Gasteiger partial charge in [0, 0.05) is 30.7 Å². The number of piperidine rings is 1. The Kier molecular flexibility index (Phi) is 5.30. The summed E-state index contributed by atoms with van der Waals surface area (Å²) in [7, 11) is 2.18. The first kappa shape index (κ1) is 16.4. The van der Waals surface area contributed by atoms with Crippen molar-refractivity contribution in [2.45, 2.75) is 38.0 Å². The van der Waals surface area contributed by atoms with Crippen molar-refractivity contribution in [3.05, 3.63) is 35.4 Å². The first-order valence-corrected chi connectivity index (χ1v) is 8.59. The fourth-order valence-electron chi connectivity index (χ4n) is 3.68. The number of hydrogen-bond donors (Lipinski definition) is 2. The van der Waals surface area contributed by atoms with Crippen molar-refractivity contribution in [2.24, 2.45) is 0 Å². The molecule has 2 fully saturated rings. The molecule has 2 aliphatic rings. The average Bonchev–Trinajstić information content (AvgIpc) is 3.04. The molecule has 0 aromatic heterocycles. The van der Waals surface area contributed by atoms with Crippen molar-refractivity contribution in [3.63, 3.8) is 0 Å². The minimum Gasteiger partial charge on any atom is -0.392 e. The van der Waals surface area contributed by atoms with Crippen LogP contribution in [0.5, 0.6) is 0 Å². The first-order chi connectivity index (χ1) is 11.2. The van der Waals surface area contributed by atoms with Crippen LogP contribution in [0.1, 0.15) is 35.2 Å². The lowest BCUT2D eigenvalue weighted by atomic mass is 10.0. The number of carbonyl (C=O) groups is 1. The molecule has 1 amide bonds. The molecule has 5 nitrogen and oxygen atoms in total. The molecule has 3 rings (SSSR count). The molecular weight excluding hydrogens is 290 g/mol. The number of likely N-dealkylation sites (tertiary alicyclic amines) is 2. The van der Waals surface area contributed by atoms with Gasteiger partial charge in [0.05, 0.1) is 6.61 Å². The summed E-state index contributed by atoms with van der Waals surface area (Å²) >= 11 is 0. The second kappa shape index (κ2) is 7.43. The van der Waals surface area contributed by atoms with Gasteiger partial charge in [-0.05, 0) is 57.1 Å². The lowest BCUT2D eigenvalue weighted by Gasteiger charge is -2.35. The summed E-state index contributed by atoms with van der Waals surface area (Å²) in [5.74, 6) is -0.0319. The summed E-state index contributed by atoms with van der Waals surface area (Å²) in [5.41, 5.74) is 1.41. The molecular formula is C18H27N3O2. The number of aliphatic hydroxyl groups excluding tert-OH is 1. The second-order valence-corrected chi connectivity index (χ2v) is 6.85. The Morgan fingerprint density at radius 1 is 1.26 bits per heavy atom. The van der Waals surface area contributed by atoms with Crippen LogP contribution in [0.25, 0.3) is 0 Å². The zero-order valence-corrected chi connectivity index (χ0v) is 13.9. The Hall–Kier alpha value is -1.43. The number of nitrogens with one attached hydrogen (secondary N) is 1. The molecule has 2 saturated heterocycles. The van der Waals surface area contributed by atoms with Gasteiger partial charge in [0.25, 0.3) is 5.91 Å². The summed E-state index contributed by atoms with van der Waals surface area (Å²) < 4.78 is 0. The predicted octanol–water partition coefficient (Wildman–Crippen LogP) is 1.08. The third-order valence-electron chi connectivity index (χ3n) is 5.13. The highest BCUT2D eigenvalue weighted by molar-refractivity contribution is 5.94. The van der Waals surface area contributed by atoms with Crippen LogP contribution in [0.3, 0.4) is 0 Å². The van der Waals surface area contributed by atoms with Gasteiger partial charge in [-0.2, -0.15) is 0 Å². The molecule has 2 N–H and O–H groups in total. The van der Waals surface area contributed by atoms with Gasteiger partial charge in [0.2, 0.25) is 0 Å². The topological polar surface area (TPSA) is 55.8 Å². The SMILES string of the molecule is CN1CCC(N2CCC(NC(=O)c3cccc(CO)c3)C2)CC1. The summed E-state index contributed by atoms with van der Waals surface area (Å²) in [6, 6.07) is 8.12. The van der Waals surface area contributed by atoms with Gasteiger partial charge in [0.15, 0.2) is 0 Å². The molecule has 0 bridgehead atoms. The van der Waals surface area contributed by atoms with Gasteiger partial charge >= 0.3 is 0 Å². The number of benzene rings is 1. The standard InChI is InChI=1S/C18H27N3O2/c1-20-8-6-17(7-9-20)21-10-5-16(12-21)19-18(23)15-4-2-3-14(11-15)13-22/h2-4,11,16-17,22H,5-10,12-13H2,1H3,(H,19,23). The third-order valence-corrected chi connectivity index (χ3v) is 5.13. The third kappa shape index (κ3) is 4.10. The molecule has 0 radical (unpaired) electrons. The van der Waals surface area contributed by atoms with E-state index in [0.29, 0.717) is 11.6 Å². The van der Waals surface area contributed by atoms with E-state index >= 15 is 0 Å². The maximum atomic E-state index is 12.4. The normalized spacial score (nSPS) is 24.0. The smallest absolute Gasteiger partial charge is 0.251 e. The largest absolute Gasteiger partial charge is 0.392 e. The Morgan fingerprint density at radius 2 is 2.04 bits per heavy atom. The van der Waals surface area contributed by atoms with E-state index in [1.165, 1.54) is 25.9 Å². The van der Waals surface area contributed by atoms with Crippen LogP contribution in [-0.4, -0.2) is 66.1 Å². The second-order valence-electron chi connectivity index (χ2n) is 6.85. The number of rotatable bonds is 4. The molecule has 126 valence electrons. The van der Waals surface area contributed by atoms with E-state index < -0.39 is 0 Å². The van der Waals surface area contributed by atoms with E-state index in [1.807, 2.05) is 12.1 Å². The Bertz CT molecular complexity index is 541. The van der Waals surface area contributed by atoms with Crippen LogP contribution in [0.2, 0.25) is 0 Å². The van der Waals surface area contributed by atoms with Gasteiger partial charge in [-0.15, -0.1) is 0 Å². The quantitative estimate of drug-likeness (QED) is 0.872. The maximum Gasteiger partial charge on any atom is 0.251 e. The first-order valence-electron chi connectivity index (χ1n) is 8.59. The highest BCUT2D eigenvalue weighted by Crippen LogP contribution is 2.21. The molecule has 1 aromatic rings. The van der Waals surface area contributed by atoms with Gasteiger partial charge in [-0.25, -0.2) is 0 Å². The van der Waals surface area contributed by atoms with E-state index in [0.717, 1.165) is 25.1 Å². The number of nitrogens with zero attached hydrogens (tertiary/aromatic N) is 2. The lowest BCUT2D eigenvalue weighted by molar-refractivity contribution is 0.0932. The van der Waals surface area contributed by atoms with Crippen molar-refractivity contribution >= 4 is 5.91 Å². The molecule has 23 heavy (non-hydrogen) atoms. The zero-order chi connectivity index (χ0) is 16.2. The van der Waals surface area contributed by atoms with E-state index in [4.69, 9.17) is 0 Å². The number of hydrogen-bond acceptors (Lipinski definition) is 4. The minimum atomic E-state index is -0.0333. The Balaban J connectivity index is 1.52. The summed E-state index contributed by atoms with van der Waals surface area (Å²) in [4.78, 5) is 17.3. The zero-order valence-electron chi connectivity index (χ0n) is 13.9. The van der Waals surface area contributed by atoms with E-state index in [9.17, 15) is 9.90 Å². The van der Waals surface area contributed by atoms with E-state index in [2.05, 4.69) is 22.2 Å². The van der Waals surface area contributed by atoms with Crippen LogP contribution in [0, 0.1) is 0 Å². The number of amides is 1. The molecule has 0 spiro atoms. The van der Waals surface area contributed by atoms with Gasteiger partial charge < -0.3 is 15.3 Å². The maximum absolute atomic E-state index is 12.4. The van der Waals surface area contributed by atoms with Crippen LogP contribution >= 0.6 is 0 Å². The summed E-state index contributed by atoms with van der Waals surface area (Å²) in [5, 5.41) is 12.3. The van der Waals surface area contributed by atoms with E-state index in [-0.39, 0.29) is 18.6 Å². The van der Waals surface area contributed by atoms with Crippen LogP contribution in [-0.2, 0) is 6.61 Å². The fourth-order valence-corrected chi connectivity index (χ4v) is 3.68. The average molecular weight is 317 g/mol. The number of carbonyl (C=O) groups excluding carboxylic acids is 1. The molecule has 2 heterocycles. The Morgan fingerprint density at radius 3 is 2.78 bits per heavy atom. The molecule has 1 atom stereocenters. The monoisotopic (exact) mass is 317 g/mol. The highest BCUT2D eigenvalue weighted by Gasteiger charge is 2.30. The van der Waals surface area contributed by atoms with Crippen molar-refractivity contribution in [1.29, 1.82) is 0 Å². The number of aliphatic hydroxyl groups is 1. The highest BCUT2D eigenvalue weighted by atomic mass is 16.3. The van der Waals surface area contributed by atoms with Crippen LogP contribution < -0.4 is 5.32 Å². The van der Waals surface area contributed by atoms with Gasteiger partial charge in [-0.3, -0.25) is 9.69 Å². The molecule has 1 unspecified atom stereocenters. The van der Waals surface area contributed by atoms with Crippen molar-refractivity contribution in [2.75, 3.05) is 33.2 Å². The van der Waals surface area contributed by atoms with Crippen molar-refractivity contribution in [3.8, 4) is 0 Å². The molecule has 2 aliphatic heterocycles. The molecule has 5 heteroatoms. The Labute approximate surface area is 138 Å². The fraction of sp³-hybridized carbons (Fsp3) is 0.611. The lowest BCUT2D eigenvalue weighted by Crippen LogP contribution is -2.44. The predicted molar refractivity (Wildman–Crippen MR) is 90.3 cm³/mol. The summed E-state index contributed by atoms with van der Waals surface area (Å²) in [6.07, 6.45) is 3.49. The van der Waals surface area contributed by atoms with Gasteiger partial charge in [0.1, 0.15) is 0 Å². The molecule has 1 aromatic carbocycles. The van der Waals surface area contributed by atoms with E-state index in [1.54, 1.807) is 12.1 Å². The minimum absolute atomic E-state index is 0.0319. The molecule has 0 saturated carbocycles. The molecule has 0 aliphatic carbocycles. The van der Waals surface area contributed by atoms with Crippen molar-refractivity contribution < 1.29 is 9.90 Å². The van der Waals surface area contributed by atoms with Crippen LogP contribution in [0.15, 0.2) is 24.3 Å².